The first-order chi connectivity index (χ1) is 5.77. The zero-order valence-electron chi connectivity index (χ0n) is 6.53. The van der Waals surface area contributed by atoms with Crippen LogP contribution in [0.4, 0.5) is 0 Å². The van der Waals surface area contributed by atoms with Gasteiger partial charge in [-0.15, -0.1) is 6.42 Å². The average Bonchev–Trinajstić information content (AvgIpc) is 2.09. The first-order valence-electron chi connectivity index (χ1n) is 3.56. The zero-order chi connectivity index (χ0) is 8.97. The molecule has 3 nitrogen and oxygen atoms in total. The third-order valence-electron chi connectivity index (χ3n) is 1.50. The van der Waals surface area contributed by atoms with E-state index >= 15 is 0 Å². The molecule has 0 spiro atoms. The highest BCUT2D eigenvalue weighted by atomic mass is 16.3. The molecular formula is C9H9NO2. The van der Waals surface area contributed by atoms with Crippen molar-refractivity contribution in [2.75, 3.05) is 6.61 Å². The van der Waals surface area contributed by atoms with Gasteiger partial charge in [-0.1, -0.05) is 5.92 Å². The maximum atomic E-state index is 11.1. The van der Waals surface area contributed by atoms with Crippen LogP contribution in [0.1, 0.15) is 5.56 Å². The Morgan fingerprint density at radius 1 is 1.67 bits per heavy atom. The van der Waals surface area contributed by atoms with E-state index in [0.717, 1.165) is 0 Å². The van der Waals surface area contributed by atoms with E-state index in [0.29, 0.717) is 12.1 Å². The minimum Gasteiger partial charge on any atom is -0.395 e. The largest absolute Gasteiger partial charge is 0.395 e. The predicted molar refractivity (Wildman–Crippen MR) is 45.7 cm³/mol. The monoisotopic (exact) mass is 163 g/mol. The first-order valence-corrected chi connectivity index (χ1v) is 3.56. The fourth-order valence-electron chi connectivity index (χ4n) is 0.890. The molecule has 1 rings (SSSR count). The van der Waals surface area contributed by atoms with Crippen molar-refractivity contribution in [1.29, 1.82) is 0 Å². The lowest BCUT2D eigenvalue weighted by atomic mass is 10.3. The summed E-state index contributed by atoms with van der Waals surface area (Å²) in [6.45, 7) is 0.263. The molecule has 3 heteroatoms. The molecule has 0 saturated heterocycles. The molecule has 0 unspecified atom stereocenters. The van der Waals surface area contributed by atoms with Gasteiger partial charge in [-0.3, -0.25) is 4.79 Å². The number of aromatic nitrogens is 1. The highest BCUT2D eigenvalue weighted by Crippen LogP contribution is 1.90. The van der Waals surface area contributed by atoms with Gasteiger partial charge in [0.2, 0.25) is 0 Å². The highest BCUT2D eigenvalue weighted by molar-refractivity contribution is 5.29. The van der Waals surface area contributed by atoms with Crippen molar-refractivity contribution in [1.82, 2.24) is 4.57 Å². The summed E-state index contributed by atoms with van der Waals surface area (Å²) in [6, 6.07) is 3.03. The molecule has 0 atom stereocenters. The van der Waals surface area contributed by atoms with Gasteiger partial charge in [0.05, 0.1) is 6.61 Å². The second kappa shape index (κ2) is 3.74. The second-order valence-electron chi connectivity index (χ2n) is 2.31. The minimum atomic E-state index is -0.181. The summed E-state index contributed by atoms with van der Waals surface area (Å²) in [4.78, 5) is 11.1. The van der Waals surface area contributed by atoms with E-state index in [1.807, 2.05) is 0 Å². The topological polar surface area (TPSA) is 42.2 Å². The van der Waals surface area contributed by atoms with Gasteiger partial charge in [-0.25, -0.2) is 0 Å². The van der Waals surface area contributed by atoms with E-state index in [-0.39, 0.29) is 12.2 Å². The maximum Gasteiger partial charge on any atom is 0.251 e. The Balaban J connectivity index is 3.06. The van der Waals surface area contributed by atoms with E-state index in [4.69, 9.17) is 11.5 Å². The normalized spacial score (nSPS) is 9.33. The molecule has 0 amide bonds. The lowest BCUT2D eigenvalue weighted by Gasteiger charge is -2.01. The highest BCUT2D eigenvalue weighted by Gasteiger charge is 1.94. The predicted octanol–water partition coefficient (Wildman–Crippen LogP) is -0.178. The zero-order valence-corrected chi connectivity index (χ0v) is 6.53. The lowest BCUT2D eigenvalue weighted by Crippen LogP contribution is -2.20. The van der Waals surface area contributed by atoms with Crippen molar-refractivity contribution in [3.8, 4) is 12.3 Å². The maximum absolute atomic E-state index is 11.1. The average molecular weight is 163 g/mol. The summed E-state index contributed by atoms with van der Waals surface area (Å²) < 4.78 is 1.40. The minimum absolute atomic E-state index is 0.0463. The van der Waals surface area contributed by atoms with Gasteiger partial charge in [-0.05, 0) is 6.07 Å². The van der Waals surface area contributed by atoms with Crippen LogP contribution in [0.15, 0.2) is 23.1 Å². The van der Waals surface area contributed by atoms with Gasteiger partial charge in [0.15, 0.2) is 0 Å². The van der Waals surface area contributed by atoms with Crippen LogP contribution in [-0.2, 0) is 6.54 Å². The molecule has 0 bridgehead atoms. The van der Waals surface area contributed by atoms with Gasteiger partial charge in [0, 0.05) is 24.4 Å². The van der Waals surface area contributed by atoms with Gasteiger partial charge in [0.1, 0.15) is 0 Å². The number of aliphatic hydroxyl groups excluding tert-OH is 1. The van der Waals surface area contributed by atoms with Crippen LogP contribution < -0.4 is 5.56 Å². The molecule has 1 aromatic heterocycles. The number of pyridine rings is 1. The van der Waals surface area contributed by atoms with E-state index in [9.17, 15) is 4.79 Å². The molecule has 1 aromatic rings. The summed E-state index contributed by atoms with van der Waals surface area (Å²) in [5.41, 5.74) is 0.383. The molecule has 1 N–H and O–H groups in total. The standard InChI is InChI=1S/C9H9NO2/c1-2-8-3-4-10(5-6-11)9(12)7-8/h1,3-4,7,11H,5-6H2. The Labute approximate surface area is 70.3 Å². The smallest absolute Gasteiger partial charge is 0.251 e. The number of aliphatic hydroxyl groups is 1. The van der Waals surface area contributed by atoms with Gasteiger partial charge in [-0.2, -0.15) is 0 Å². The quantitative estimate of drug-likeness (QED) is 0.615. The van der Waals surface area contributed by atoms with Crippen molar-refractivity contribution in [3.63, 3.8) is 0 Å². The molecule has 0 fully saturated rings. The van der Waals surface area contributed by atoms with Crippen LogP contribution in [0.25, 0.3) is 0 Å². The van der Waals surface area contributed by atoms with E-state index < -0.39 is 0 Å². The van der Waals surface area contributed by atoms with Crippen molar-refractivity contribution >= 4 is 0 Å². The number of hydrogen-bond donors (Lipinski definition) is 1. The number of terminal acetylenes is 1. The summed E-state index contributed by atoms with van der Waals surface area (Å²) in [5.74, 6) is 2.36. The van der Waals surface area contributed by atoms with Crippen LogP contribution in [0, 0.1) is 12.3 Å². The van der Waals surface area contributed by atoms with Crippen molar-refractivity contribution in [2.45, 2.75) is 6.54 Å². The second-order valence-corrected chi connectivity index (χ2v) is 2.31. The Morgan fingerprint density at radius 3 is 2.92 bits per heavy atom. The van der Waals surface area contributed by atoms with E-state index in [1.54, 1.807) is 12.3 Å². The fourth-order valence-corrected chi connectivity index (χ4v) is 0.890. The molecular weight excluding hydrogens is 154 g/mol. The molecule has 0 radical (unpaired) electrons. The number of hydrogen-bond acceptors (Lipinski definition) is 2. The summed E-state index contributed by atoms with van der Waals surface area (Å²) in [5, 5.41) is 8.57. The Kier molecular flexibility index (Phi) is 2.67. The molecule has 0 aliphatic heterocycles. The SMILES string of the molecule is C#Cc1ccn(CCO)c(=O)c1. The first kappa shape index (κ1) is 8.57. The van der Waals surface area contributed by atoms with Gasteiger partial charge < -0.3 is 9.67 Å². The summed E-state index contributed by atoms with van der Waals surface area (Å²) in [7, 11) is 0. The Hall–Kier alpha value is -1.53. The molecule has 1 heterocycles. The van der Waals surface area contributed by atoms with E-state index in [2.05, 4.69) is 5.92 Å². The molecule has 0 saturated carbocycles. The third kappa shape index (κ3) is 1.74. The molecule has 0 aliphatic rings. The lowest BCUT2D eigenvalue weighted by molar-refractivity contribution is 0.274. The summed E-state index contributed by atoms with van der Waals surface area (Å²) >= 11 is 0. The Bertz CT molecular complexity index is 360. The number of rotatable bonds is 2. The van der Waals surface area contributed by atoms with Crippen LogP contribution in [0.2, 0.25) is 0 Å². The Morgan fingerprint density at radius 2 is 2.42 bits per heavy atom. The molecule has 0 aromatic carbocycles. The third-order valence-corrected chi connectivity index (χ3v) is 1.50. The number of nitrogens with zero attached hydrogens (tertiary/aromatic N) is 1. The van der Waals surface area contributed by atoms with Crippen molar-refractivity contribution in [2.24, 2.45) is 0 Å². The molecule has 12 heavy (non-hydrogen) atoms. The molecule has 0 aliphatic carbocycles. The van der Waals surface area contributed by atoms with Crippen molar-refractivity contribution < 1.29 is 5.11 Å². The van der Waals surface area contributed by atoms with Crippen LogP contribution in [0.3, 0.4) is 0 Å². The molecule has 62 valence electrons. The van der Waals surface area contributed by atoms with Gasteiger partial charge >= 0.3 is 0 Å². The van der Waals surface area contributed by atoms with Crippen LogP contribution in [-0.4, -0.2) is 16.3 Å². The van der Waals surface area contributed by atoms with Crippen LogP contribution >= 0.6 is 0 Å². The van der Waals surface area contributed by atoms with Crippen molar-refractivity contribution in [3.05, 3.63) is 34.2 Å². The van der Waals surface area contributed by atoms with Crippen LogP contribution in [0.5, 0.6) is 0 Å². The fraction of sp³-hybridized carbons (Fsp3) is 0.222. The van der Waals surface area contributed by atoms with Gasteiger partial charge in [0.25, 0.3) is 5.56 Å². The summed E-state index contributed by atoms with van der Waals surface area (Å²) in [6.07, 6.45) is 6.67. The van der Waals surface area contributed by atoms with E-state index in [1.165, 1.54) is 10.6 Å².